The second-order valence-corrected chi connectivity index (χ2v) is 6.61. The standard InChI is InChI=1S/C23H20N2O2/c26-20-8-4-16(5-9-20)12-18-2-1-3-23-22(18)14-19(24-15-25-23)13-17-6-10-21(27)11-7-17/h1-11,14-15,26-27H,12-13H2,(H,24,25). The van der Waals surface area contributed by atoms with E-state index in [1.165, 1.54) is 5.56 Å². The van der Waals surface area contributed by atoms with Crippen molar-refractivity contribution in [1.82, 2.24) is 5.32 Å². The van der Waals surface area contributed by atoms with Gasteiger partial charge in [-0.3, -0.25) is 0 Å². The van der Waals surface area contributed by atoms with Crippen LogP contribution in [0.1, 0.15) is 22.3 Å². The molecule has 27 heavy (non-hydrogen) atoms. The van der Waals surface area contributed by atoms with Gasteiger partial charge in [-0.25, -0.2) is 4.99 Å². The molecule has 1 aliphatic heterocycles. The number of aliphatic imine (C=N–C) groups is 1. The van der Waals surface area contributed by atoms with Gasteiger partial charge in [0.15, 0.2) is 0 Å². The van der Waals surface area contributed by atoms with Gasteiger partial charge in [-0.05, 0) is 59.5 Å². The highest BCUT2D eigenvalue weighted by Crippen LogP contribution is 2.29. The van der Waals surface area contributed by atoms with Gasteiger partial charge in [0.25, 0.3) is 0 Å². The van der Waals surface area contributed by atoms with Crippen molar-refractivity contribution >= 4 is 18.1 Å². The monoisotopic (exact) mass is 356 g/mol. The van der Waals surface area contributed by atoms with Gasteiger partial charge in [-0.15, -0.1) is 0 Å². The van der Waals surface area contributed by atoms with E-state index in [2.05, 4.69) is 22.5 Å². The third-order valence-electron chi connectivity index (χ3n) is 4.61. The van der Waals surface area contributed by atoms with Crippen molar-refractivity contribution < 1.29 is 10.2 Å². The Balaban J connectivity index is 1.66. The van der Waals surface area contributed by atoms with Gasteiger partial charge in [-0.1, -0.05) is 36.4 Å². The summed E-state index contributed by atoms with van der Waals surface area (Å²) < 4.78 is 0. The lowest BCUT2D eigenvalue weighted by atomic mass is 9.97. The summed E-state index contributed by atoms with van der Waals surface area (Å²) >= 11 is 0. The van der Waals surface area contributed by atoms with E-state index in [1.54, 1.807) is 30.6 Å². The number of phenolic OH excluding ortho intramolecular Hbond substituents is 2. The van der Waals surface area contributed by atoms with E-state index in [0.717, 1.165) is 40.9 Å². The molecule has 4 heteroatoms. The number of hydrogen-bond acceptors (Lipinski definition) is 4. The summed E-state index contributed by atoms with van der Waals surface area (Å²) in [7, 11) is 0. The molecule has 3 aromatic carbocycles. The number of allylic oxidation sites excluding steroid dienone is 1. The molecule has 0 fully saturated rings. The molecule has 1 heterocycles. The lowest BCUT2D eigenvalue weighted by molar-refractivity contribution is 0.474. The first-order valence-corrected chi connectivity index (χ1v) is 8.85. The van der Waals surface area contributed by atoms with Gasteiger partial charge >= 0.3 is 0 Å². The second-order valence-electron chi connectivity index (χ2n) is 6.61. The summed E-state index contributed by atoms with van der Waals surface area (Å²) in [6, 6.07) is 20.7. The molecule has 0 radical (unpaired) electrons. The van der Waals surface area contributed by atoms with Crippen LogP contribution >= 0.6 is 0 Å². The van der Waals surface area contributed by atoms with Crippen LogP contribution < -0.4 is 5.32 Å². The molecule has 1 aliphatic rings. The third-order valence-corrected chi connectivity index (χ3v) is 4.61. The Kier molecular flexibility index (Phi) is 4.62. The van der Waals surface area contributed by atoms with Crippen LogP contribution in [0.25, 0.3) is 6.08 Å². The van der Waals surface area contributed by atoms with Crippen LogP contribution in [0.5, 0.6) is 11.5 Å². The van der Waals surface area contributed by atoms with Crippen molar-refractivity contribution in [3.8, 4) is 11.5 Å². The first-order valence-electron chi connectivity index (χ1n) is 8.85. The van der Waals surface area contributed by atoms with Gasteiger partial charge in [0.1, 0.15) is 11.5 Å². The van der Waals surface area contributed by atoms with Crippen LogP contribution in [-0.2, 0) is 12.8 Å². The van der Waals surface area contributed by atoms with E-state index >= 15 is 0 Å². The summed E-state index contributed by atoms with van der Waals surface area (Å²) in [5, 5.41) is 22.2. The molecule has 0 unspecified atom stereocenters. The number of hydrogen-bond donors (Lipinski definition) is 3. The maximum atomic E-state index is 9.49. The number of fused-ring (bicyclic) bond motifs is 1. The first-order chi connectivity index (χ1) is 13.2. The average Bonchev–Trinajstić information content (AvgIpc) is 2.88. The number of nitrogens with zero attached hydrogens (tertiary/aromatic N) is 1. The maximum absolute atomic E-state index is 9.49. The Hall–Kier alpha value is -3.53. The molecule has 0 bridgehead atoms. The summed E-state index contributed by atoms with van der Waals surface area (Å²) in [6.45, 7) is 0. The average molecular weight is 356 g/mol. The van der Waals surface area contributed by atoms with E-state index in [-0.39, 0.29) is 11.5 Å². The number of rotatable bonds is 4. The van der Waals surface area contributed by atoms with Crippen molar-refractivity contribution in [2.45, 2.75) is 12.8 Å². The molecule has 0 aliphatic carbocycles. The Morgan fingerprint density at radius 3 is 2.04 bits per heavy atom. The van der Waals surface area contributed by atoms with Crippen LogP contribution in [0.3, 0.4) is 0 Å². The minimum atomic E-state index is 0.268. The SMILES string of the molecule is Oc1ccc(CC2=Cc3c(Cc4ccc(O)cc4)cccc3N=CN2)cc1. The topological polar surface area (TPSA) is 64.8 Å². The molecular weight excluding hydrogens is 336 g/mol. The highest BCUT2D eigenvalue weighted by Gasteiger charge is 2.11. The third kappa shape index (κ3) is 4.01. The van der Waals surface area contributed by atoms with Crippen molar-refractivity contribution in [2.75, 3.05) is 0 Å². The Labute approximate surface area is 158 Å². The number of benzene rings is 3. The van der Waals surface area contributed by atoms with Crippen LogP contribution in [0.15, 0.2) is 77.4 Å². The second kappa shape index (κ2) is 7.38. The molecule has 4 nitrogen and oxygen atoms in total. The summed E-state index contributed by atoms with van der Waals surface area (Å²) in [4.78, 5) is 4.54. The molecule has 134 valence electrons. The van der Waals surface area contributed by atoms with Gasteiger partial charge in [-0.2, -0.15) is 0 Å². The van der Waals surface area contributed by atoms with Gasteiger partial charge in [0.2, 0.25) is 0 Å². The lowest BCUT2D eigenvalue weighted by Crippen LogP contribution is -2.11. The van der Waals surface area contributed by atoms with Gasteiger partial charge in [0.05, 0.1) is 12.0 Å². The minimum Gasteiger partial charge on any atom is -0.508 e. The fraction of sp³-hybridized carbons (Fsp3) is 0.0870. The van der Waals surface area contributed by atoms with Crippen LogP contribution in [0, 0.1) is 0 Å². The van der Waals surface area contributed by atoms with E-state index in [1.807, 2.05) is 36.4 Å². The Morgan fingerprint density at radius 1 is 0.741 bits per heavy atom. The highest BCUT2D eigenvalue weighted by molar-refractivity contribution is 5.78. The maximum Gasteiger partial charge on any atom is 0.115 e. The van der Waals surface area contributed by atoms with Crippen molar-refractivity contribution in [3.05, 3.63) is 94.7 Å². The van der Waals surface area contributed by atoms with E-state index in [0.29, 0.717) is 0 Å². The van der Waals surface area contributed by atoms with Crippen molar-refractivity contribution in [3.63, 3.8) is 0 Å². The van der Waals surface area contributed by atoms with E-state index in [9.17, 15) is 10.2 Å². The van der Waals surface area contributed by atoms with Gasteiger partial charge in [0, 0.05) is 17.7 Å². The highest BCUT2D eigenvalue weighted by atomic mass is 16.3. The zero-order chi connectivity index (χ0) is 18.6. The smallest absolute Gasteiger partial charge is 0.115 e. The Bertz CT molecular complexity index is 1000. The molecule has 0 amide bonds. The predicted molar refractivity (Wildman–Crippen MR) is 108 cm³/mol. The molecule has 0 spiro atoms. The largest absolute Gasteiger partial charge is 0.508 e. The summed E-state index contributed by atoms with van der Waals surface area (Å²) in [5.41, 5.74) is 6.50. The summed E-state index contributed by atoms with van der Waals surface area (Å²) in [6.07, 6.45) is 5.36. The normalized spacial score (nSPS) is 12.7. The quantitative estimate of drug-likeness (QED) is 0.643. The zero-order valence-corrected chi connectivity index (χ0v) is 14.8. The molecule has 0 aromatic heterocycles. The van der Waals surface area contributed by atoms with E-state index in [4.69, 9.17) is 0 Å². The number of nitrogens with one attached hydrogen (secondary N) is 1. The number of aromatic hydroxyl groups is 2. The van der Waals surface area contributed by atoms with Gasteiger partial charge < -0.3 is 15.5 Å². The fourth-order valence-corrected chi connectivity index (χ4v) is 3.20. The van der Waals surface area contributed by atoms with Crippen LogP contribution in [0.2, 0.25) is 0 Å². The Morgan fingerprint density at radius 2 is 1.37 bits per heavy atom. The molecule has 0 saturated heterocycles. The predicted octanol–water partition coefficient (Wildman–Crippen LogP) is 4.54. The molecule has 0 atom stereocenters. The molecule has 4 rings (SSSR count). The lowest BCUT2D eigenvalue weighted by Gasteiger charge is -2.10. The van der Waals surface area contributed by atoms with Crippen LogP contribution in [-0.4, -0.2) is 16.6 Å². The summed E-state index contributed by atoms with van der Waals surface area (Å²) in [5.74, 6) is 0.542. The van der Waals surface area contributed by atoms with Crippen LogP contribution in [0.4, 0.5) is 5.69 Å². The number of phenols is 2. The first kappa shape index (κ1) is 16.9. The van der Waals surface area contributed by atoms with E-state index < -0.39 is 0 Å². The van der Waals surface area contributed by atoms with Crippen molar-refractivity contribution in [1.29, 1.82) is 0 Å². The molecule has 3 N–H and O–H groups in total. The fourth-order valence-electron chi connectivity index (χ4n) is 3.20. The zero-order valence-electron chi connectivity index (χ0n) is 14.8. The minimum absolute atomic E-state index is 0.268. The molecule has 0 saturated carbocycles. The molecular formula is C23H20N2O2. The van der Waals surface area contributed by atoms with Crippen molar-refractivity contribution in [2.24, 2.45) is 4.99 Å². The molecule has 3 aromatic rings.